The highest BCUT2D eigenvalue weighted by molar-refractivity contribution is 5.94. The molecule has 0 saturated carbocycles. The number of carbonyl (C=O) groups excluding carboxylic acids is 1. The number of rotatable bonds is 1. The summed E-state index contributed by atoms with van der Waals surface area (Å²) in [7, 11) is 0. The average molecular weight is 217 g/mol. The Bertz CT molecular complexity index is 420. The molecule has 1 N–H and O–H groups in total. The first-order valence-corrected chi connectivity index (χ1v) is 5.41. The van der Waals surface area contributed by atoms with Crippen LogP contribution in [0.4, 0.5) is 0 Å². The molecule has 0 radical (unpaired) electrons. The molecule has 0 saturated heterocycles. The van der Waals surface area contributed by atoms with E-state index in [-0.39, 0.29) is 11.7 Å². The van der Waals surface area contributed by atoms with Crippen LogP contribution in [-0.2, 0) is 0 Å². The zero-order valence-corrected chi connectivity index (χ0v) is 9.31. The second-order valence-electron chi connectivity index (χ2n) is 4.10. The minimum Gasteiger partial charge on any atom is -0.508 e. The Hall–Kier alpha value is -1.77. The lowest BCUT2D eigenvalue weighted by Gasteiger charge is -2.25. The predicted molar refractivity (Wildman–Crippen MR) is 62.4 cm³/mol. The number of carbonyl (C=O) groups is 1. The van der Waals surface area contributed by atoms with Crippen molar-refractivity contribution in [3.8, 4) is 5.75 Å². The largest absolute Gasteiger partial charge is 0.508 e. The Morgan fingerprint density at radius 2 is 2.00 bits per heavy atom. The lowest BCUT2D eigenvalue weighted by Crippen LogP contribution is -2.34. The number of amides is 1. The van der Waals surface area contributed by atoms with Gasteiger partial charge in [-0.3, -0.25) is 4.79 Å². The van der Waals surface area contributed by atoms with Gasteiger partial charge >= 0.3 is 0 Å². The Balaban J connectivity index is 2.11. The third-order valence-corrected chi connectivity index (χ3v) is 2.84. The van der Waals surface area contributed by atoms with Gasteiger partial charge in [0.1, 0.15) is 5.75 Å². The van der Waals surface area contributed by atoms with Crippen LogP contribution in [0.1, 0.15) is 23.7 Å². The molecule has 0 aliphatic carbocycles. The molecule has 0 aromatic heterocycles. The van der Waals surface area contributed by atoms with Gasteiger partial charge in [-0.15, -0.1) is 0 Å². The van der Waals surface area contributed by atoms with E-state index in [1.54, 1.807) is 12.1 Å². The molecule has 84 valence electrons. The van der Waals surface area contributed by atoms with Gasteiger partial charge in [0.05, 0.1) is 0 Å². The fraction of sp³-hybridized carbons (Fsp3) is 0.308. The monoisotopic (exact) mass is 217 g/mol. The number of aromatic hydroxyl groups is 1. The van der Waals surface area contributed by atoms with Crippen molar-refractivity contribution in [3.63, 3.8) is 0 Å². The lowest BCUT2D eigenvalue weighted by atomic mass is 10.1. The van der Waals surface area contributed by atoms with E-state index in [0.717, 1.165) is 13.0 Å². The summed E-state index contributed by atoms with van der Waals surface area (Å²) in [5.41, 5.74) is 1.97. The van der Waals surface area contributed by atoms with Gasteiger partial charge < -0.3 is 10.0 Å². The first kappa shape index (κ1) is 10.7. The van der Waals surface area contributed by atoms with Crippen LogP contribution in [0.25, 0.3) is 0 Å². The highest BCUT2D eigenvalue weighted by Crippen LogP contribution is 2.15. The average Bonchev–Trinajstić information content (AvgIpc) is 2.30. The Labute approximate surface area is 95.0 Å². The van der Waals surface area contributed by atoms with Gasteiger partial charge in [0, 0.05) is 18.7 Å². The summed E-state index contributed by atoms with van der Waals surface area (Å²) >= 11 is 0. The summed E-state index contributed by atoms with van der Waals surface area (Å²) in [6, 6.07) is 6.39. The first-order chi connectivity index (χ1) is 7.66. The van der Waals surface area contributed by atoms with Crippen molar-refractivity contribution in [3.05, 3.63) is 41.5 Å². The maximum atomic E-state index is 12.0. The van der Waals surface area contributed by atoms with E-state index in [1.807, 2.05) is 4.90 Å². The first-order valence-electron chi connectivity index (χ1n) is 5.41. The van der Waals surface area contributed by atoms with E-state index in [2.05, 4.69) is 13.0 Å². The standard InChI is InChI=1S/C13H15NO2/c1-10-6-8-14(9-7-10)13(16)11-2-4-12(15)5-3-11/h2-6,15H,7-9H2,1H3. The van der Waals surface area contributed by atoms with Crippen molar-refractivity contribution in [1.82, 2.24) is 4.90 Å². The van der Waals surface area contributed by atoms with Crippen LogP contribution in [0.3, 0.4) is 0 Å². The van der Waals surface area contributed by atoms with Crippen LogP contribution in [0.15, 0.2) is 35.9 Å². The van der Waals surface area contributed by atoms with Crippen molar-refractivity contribution in [2.45, 2.75) is 13.3 Å². The molecule has 3 nitrogen and oxygen atoms in total. The van der Waals surface area contributed by atoms with Crippen molar-refractivity contribution in [1.29, 1.82) is 0 Å². The molecular formula is C13H15NO2. The van der Waals surface area contributed by atoms with Gasteiger partial charge in [0.25, 0.3) is 5.91 Å². The number of benzene rings is 1. The molecule has 0 spiro atoms. The van der Waals surface area contributed by atoms with Gasteiger partial charge in [-0.1, -0.05) is 11.6 Å². The molecule has 1 amide bonds. The molecule has 3 heteroatoms. The number of nitrogens with zero attached hydrogens (tertiary/aromatic N) is 1. The van der Waals surface area contributed by atoms with E-state index in [9.17, 15) is 4.79 Å². The van der Waals surface area contributed by atoms with Crippen LogP contribution in [0, 0.1) is 0 Å². The highest BCUT2D eigenvalue weighted by Gasteiger charge is 2.17. The van der Waals surface area contributed by atoms with Gasteiger partial charge in [0.15, 0.2) is 0 Å². The van der Waals surface area contributed by atoms with Gasteiger partial charge in [-0.25, -0.2) is 0 Å². The zero-order chi connectivity index (χ0) is 11.5. The maximum absolute atomic E-state index is 12.0. The summed E-state index contributed by atoms with van der Waals surface area (Å²) in [5.74, 6) is 0.217. The third kappa shape index (κ3) is 2.24. The van der Waals surface area contributed by atoms with E-state index in [4.69, 9.17) is 5.11 Å². The second kappa shape index (κ2) is 4.39. The van der Waals surface area contributed by atoms with Gasteiger partial charge in [-0.2, -0.15) is 0 Å². The Morgan fingerprint density at radius 1 is 1.31 bits per heavy atom. The van der Waals surface area contributed by atoms with Gasteiger partial charge in [-0.05, 0) is 37.6 Å². The Kier molecular flexibility index (Phi) is 2.95. The SMILES string of the molecule is CC1=CCN(C(=O)c2ccc(O)cc2)CC1. The summed E-state index contributed by atoms with van der Waals surface area (Å²) in [6.07, 6.45) is 3.03. The summed E-state index contributed by atoms with van der Waals surface area (Å²) < 4.78 is 0. The lowest BCUT2D eigenvalue weighted by molar-refractivity contribution is 0.0769. The van der Waals surface area contributed by atoms with Gasteiger partial charge in [0.2, 0.25) is 0 Å². The fourth-order valence-corrected chi connectivity index (χ4v) is 1.74. The van der Waals surface area contributed by atoms with E-state index >= 15 is 0 Å². The summed E-state index contributed by atoms with van der Waals surface area (Å²) in [6.45, 7) is 3.55. The van der Waals surface area contributed by atoms with E-state index in [1.165, 1.54) is 17.7 Å². The molecule has 1 aliphatic rings. The predicted octanol–water partition coefficient (Wildman–Crippen LogP) is 2.18. The molecule has 0 fully saturated rings. The third-order valence-electron chi connectivity index (χ3n) is 2.84. The normalized spacial score (nSPS) is 15.8. The van der Waals surface area contributed by atoms with Crippen LogP contribution in [0.5, 0.6) is 5.75 Å². The molecule has 16 heavy (non-hydrogen) atoms. The van der Waals surface area contributed by atoms with Crippen molar-refractivity contribution in [2.75, 3.05) is 13.1 Å². The maximum Gasteiger partial charge on any atom is 0.254 e. The van der Waals surface area contributed by atoms with E-state index in [0.29, 0.717) is 12.1 Å². The summed E-state index contributed by atoms with van der Waals surface area (Å²) in [5, 5.41) is 9.15. The molecule has 1 heterocycles. The van der Waals surface area contributed by atoms with Crippen molar-refractivity contribution >= 4 is 5.91 Å². The number of phenols is 1. The highest BCUT2D eigenvalue weighted by atomic mass is 16.3. The van der Waals surface area contributed by atoms with Crippen LogP contribution in [0.2, 0.25) is 0 Å². The smallest absolute Gasteiger partial charge is 0.254 e. The molecule has 0 bridgehead atoms. The molecule has 2 rings (SSSR count). The minimum absolute atomic E-state index is 0.0313. The molecule has 0 atom stereocenters. The van der Waals surface area contributed by atoms with Crippen molar-refractivity contribution < 1.29 is 9.90 Å². The number of hydrogen-bond donors (Lipinski definition) is 1. The number of hydrogen-bond acceptors (Lipinski definition) is 2. The summed E-state index contributed by atoms with van der Waals surface area (Å²) in [4.78, 5) is 13.9. The van der Waals surface area contributed by atoms with Crippen LogP contribution < -0.4 is 0 Å². The fourth-order valence-electron chi connectivity index (χ4n) is 1.74. The topological polar surface area (TPSA) is 40.5 Å². The van der Waals surface area contributed by atoms with Crippen molar-refractivity contribution in [2.24, 2.45) is 0 Å². The molecular weight excluding hydrogens is 202 g/mol. The Morgan fingerprint density at radius 3 is 2.56 bits per heavy atom. The number of phenolic OH excluding ortho intramolecular Hbond substituents is 1. The second-order valence-corrected chi connectivity index (χ2v) is 4.10. The zero-order valence-electron chi connectivity index (χ0n) is 9.31. The quantitative estimate of drug-likeness (QED) is 0.732. The minimum atomic E-state index is 0.0313. The molecule has 1 aliphatic heterocycles. The molecule has 0 unspecified atom stereocenters. The molecule has 1 aromatic carbocycles. The van der Waals surface area contributed by atoms with E-state index < -0.39 is 0 Å². The van der Waals surface area contributed by atoms with Crippen LogP contribution >= 0.6 is 0 Å². The molecule has 1 aromatic rings. The van der Waals surface area contributed by atoms with Crippen LogP contribution in [-0.4, -0.2) is 29.0 Å².